The van der Waals surface area contributed by atoms with E-state index in [-0.39, 0.29) is 18.1 Å². The zero-order valence-electron chi connectivity index (χ0n) is 19.6. The molecule has 5 rings (SSSR count). The number of fused-ring (bicyclic) bond motifs is 3. The average Bonchev–Trinajstić information content (AvgIpc) is 3.21. The van der Waals surface area contributed by atoms with Gasteiger partial charge in [-0.1, -0.05) is 35.9 Å². The summed E-state index contributed by atoms with van der Waals surface area (Å²) in [5.41, 5.74) is 6.41. The van der Waals surface area contributed by atoms with Crippen molar-refractivity contribution in [1.82, 2.24) is 19.7 Å². The Morgan fingerprint density at radius 3 is 2.75 bits per heavy atom. The minimum Gasteiger partial charge on any atom is -0.493 e. The molecule has 0 spiro atoms. The zero-order chi connectivity index (χ0) is 25.1. The van der Waals surface area contributed by atoms with Crippen molar-refractivity contribution >= 4 is 45.8 Å². The van der Waals surface area contributed by atoms with Crippen molar-refractivity contribution in [2.45, 2.75) is 20.1 Å². The number of halogens is 2. The highest BCUT2D eigenvalue weighted by molar-refractivity contribution is 6.31. The molecule has 0 fully saturated rings. The van der Waals surface area contributed by atoms with Crippen molar-refractivity contribution in [3.63, 3.8) is 0 Å². The van der Waals surface area contributed by atoms with Gasteiger partial charge >= 0.3 is 0 Å². The van der Waals surface area contributed by atoms with Crippen LogP contribution in [-0.2, 0) is 13.2 Å². The van der Waals surface area contributed by atoms with Crippen LogP contribution in [0.5, 0.6) is 11.5 Å². The van der Waals surface area contributed by atoms with Crippen molar-refractivity contribution in [3.05, 3.63) is 82.6 Å². The number of methoxy groups -OCH3 is 1. The normalized spacial score (nSPS) is 11.4. The molecule has 0 aliphatic heterocycles. The number of nitrogens with one attached hydrogen (secondary N) is 1. The van der Waals surface area contributed by atoms with E-state index in [1.165, 1.54) is 13.2 Å². The fourth-order valence-electron chi connectivity index (χ4n) is 3.94. The number of hydrogen-bond donors (Lipinski definition) is 1. The van der Waals surface area contributed by atoms with Crippen LogP contribution in [0.1, 0.15) is 18.1 Å². The maximum atomic E-state index is 14.0. The first kappa shape index (κ1) is 23.5. The van der Waals surface area contributed by atoms with Gasteiger partial charge < -0.3 is 14.0 Å². The molecule has 0 saturated carbocycles. The molecule has 0 unspecified atom stereocenters. The third-order valence-electron chi connectivity index (χ3n) is 5.69. The van der Waals surface area contributed by atoms with Gasteiger partial charge in [-0.15, -0.1) is 10.2 Å². The minimum atomic E-state index is -0.425. The number of aryl methyl sites for hydroxylation is 1. The maximum Gasteiger partial charge on any atom is 0.265 e. The molecule has 0 bridgehead atoms. The van der Waals surface area contributed by atoms with Gasteiger partial charge in [-0.2, -0.15) is 10.1 Å². The Balaban J connectivity index is 1.32. The van der Waals surface area contributed by atoms with Gasteiger partial charge in [0.15, 0.2) is 17.1 Å². The summed E-state index contributed by atoms with van der Waals surface area (Å²) in [6.45, 7) is 2.78. The SMILES string of the molecule is CCn1c2ccccc2c2nnc(N/N=C/c3ccc(OCc4c(F)cccc4Cl)c(OC)c3)nc21. The molecule has 2 heterocycles. The van der Waals surface area contributed by atoms with Crippen LogP contribution >= 0.6 is 11.6 Å². The Bertz CT molecular complexity index is 1570. The largest absolute Gasteiger partial charge is 0.493 e. The summed E-state index contributed by atoms with van der Waals surface area (Å²) < 4.78 is 27.3. The predicted octanol–water partition coefficient (Wildman–Crippen LogP) is 5.83. The molecule has 0 radical (unpaired) electrons. The summed E-state index contributed by atoms with van der Waals surface area (Å²) in [6.07, 6.45) is 1.60. The van der Waals surface area contributed by atoms with Crippen LogP contribution in [0, 0.1) is 5.82 Å². The van der Waals surface area contributed by atoms with E-state index < -0.39 is 5.82 Å². The predicted molar refractivity (Wildman–Crippen MR) is 138 cm³/mol. The van der Waals surface area contributed by atoms with Gasteiger partial charge in [-0.25, -0.2) is 9.82 Å². The second-order valence-electron chi connectivity index (χ2n) is 7.84. The molecule has 0 aliphatic rings. The Morgan fingerprint density at radius 1 is 1.08 bits per heavy atom. The van der Waals surface area contributed by atoms with E-state index in [4.69, 9.17) is 21.1 Å². The summed E-state index contributed by atoms with van der Waals surface area (Å²) in [5.74, 6) is 0.779. The molecular weight excluding hydrogens is 483 g/mol. The van der Waals surface area contributed by atoms with E-state index in [1.54, 1.807) is 36.5 Å². The van der Waals surface area contributed by atoms with Crippen LogP contribution in [0.25, 0.3) is 22.1 Å². The first-order chi connectivity index (χ1) is 17.6. The van der Waals surface area contributed by atoms with Gasteiger partial charge in [0.2, 0.25) is 0 Å². The van der Waals surface area contributed by atoms with Crippen molar-refractivity contribution in [2.75, 3.05) is 12.5 Å². The molecule has 0 aliphatic carbocycles. The number of nitrogens with zero attached hydrogens (tertiary/aromatic N) is 5. The summed E-state index contributed by atoms with van der Waals surface area (Å²) in [5, 5.41) is 14.1. The van der Waals surface area contributed by atoms with E-state index in [0.29, 0.717) is 16.5 Å². The number of hydrazone groups is 1. The van der Waals surface area contributed by atoms with Gasteiger partial charge in [0.05, 0.1) is 23.9 Å². The first-order valence-electron chi connectivity index (χ1n) is 11.2. The number of ether oxygens (including phenoxy) is 2. The van der Waals surface area contributed by atoms with Gasteiger partial charge in [0, 0.05) is 17.5 Å². The lowest BCUT2D eigenvalue weighted by Gasteiger charge is -2.12. The van der Waals surface area contributed by atoms with E-state index in [1.807, 2.05) is 24.3 Å². The highest BCUT2D eigenvalue weighted by Crippen LogP contribution is 2.30. The maximum absolute atomic E-state index is 14.0. The first-order valence-corrected chi connectivity index (χ1v) is 11.6. The van der Waals surface area contributed by atoms with Gasteiger partial charge in [-0.3, -0.25) is 0 Å². The second-order valence-corrected chi connectivity index (χ2v) is 8.25. The molecule has 0 atom stereocenters. The van der Waals surface area contributed by atoms with Gasteiger partial charge in [0.1, 0.15) is 17.9 Å². The summed E-state index contributed by atoms with van der Waals surface area (Å²) in [6, 6.07) is 17.8. The van der Waals surface area contributed by atoms with E-state index in [9.17, 15) is 4.39 Å². The lowest BCUT2D eigenvalue weighted by atomic mass is 10.2. The van der Waals surface area contributed by atoms with E-state index >= 15 is 0 Å². The fourth-order valence-corrected chi connectivity index (χ4v) is 4.16. The topological polar surface area (TPSA) is 86.5 Å². The number of aromatic nitrogens is 4. The smallest absolute Gasteiger partial charge is 0.265 e. The molecule has 36 heavy (non-hydrogen) atoms. The number of anilines is 1. The molecule has 8 nitrogen and oxygen atoms in total. The average molecular weight is 505 g/mol. The number of hydrogen-bond acceptors (Lipinski definition) is 7. The minimum absolute atomic E-state index is 0.0296. The Morgan fingerprint density at radius 2 is 1.94 bits per heavy atom. The summed E-state index contributed by atoms with van der Waals surface area (Å²) >= 11 is 6.08. The Kier molecular flexibility index (Phi) is 6.64. The van der Waals surface area contributed by atoms with Gasteiger partial charge in [-0.05, 0) is 48.9 Å². The number of benzene rings is 3. The molecular formula is C26H22ClFN6O2. The lowest BCUT2D eigenvalue weighted by molar-refractivity contribution is 0.280. The molecule has 0 amide bonds. The van der Waals surface area contributed by atoms with Crippen LogP contribution < -0.4 is 14.9 Å². The fraction of sp³-hybridized carbons (Fsp3) is 0.154. The molecule has 2 aromatic heterocycles. The quantitative estimate of drug-likeness (QED) is 0.211. The third kappa shape index (κ3) is 4.52. The second kappa shape index (κ2) is 10.2. The van der Waals surface area contributed by atoms with Crippen LogP contribution in [0.3, 0.4) is 0 Å². The molecule has 0 saturated heterocycles. The lowest BCUT2D eigenvalue weighted by Crippen LogP contribution is -2.02. The molecule has 3 aromatic carbocycles. The zero-order valence-corrected chi connectivity index (χ0v) is 20.3. The summed E-state index contributed by atoms with van der Waals surface area (Å²) in [7, 11) is 1.53. The molecule has 182 valence electrons. The Labute approximate surface area is 211 Å². The van der Waals surface area contributed by atoms with E-state index in [0.717, 1.165) is 34.2 Å². The van der Waals surface area contributed by atoms with Crippen molar-refractivity contribution in [2.24, 2.45) is 5.10 Å². The third-order valence-corrected chi connectivity index (χ3v) is 6.04. The monoisotopic (exact) mass is 504 g/mol. The van der Waals surface area contributed by atoms with Crippen LogP contribution in [0.2, 0.25) is 5.02 Å². The molecule has 10 heteroatoms. The Hall–Kier alpha value is -4.24. The highest BCUT2D eigenvalue weighted by Gasteiger charge is 2.14. The molecule has 1 N–H and O–H groups in total. The number of rotatable bonds is 8. The van der Waals surface area contributed by atoms with Crippen molar-refractivity contribution in [3.8, 4) is 11.5 Å². The van der Waals surface area contributed by atoms with Crippen LogP contribution in [-0.4, -0.2) is 33.1 Å². The van der Waals surface area contributed by atoms with Crippen molar-refractivity contribution < 1.29 is 13.9 Å². The highest BCUT2D eigenvalue weighted by atomic mass is 35.5. The van der Waals surface area contributed by atoms with Crippen LogP contribution in [0.4, 0.5) is 10.3 Å². The summed E-state index contributed by atoms with van der Waals surface area (Å²) in [4.78, 5) is 4.61. The standard InChI is InChI=1S/C26H22ClFN6O2/c1-3-34-21-10-5-4-7-17(21)24-25(34)30-26(33-31-24)32-29-14-16-11-12-22(23(13-16)35-2)36-15-18-19(27)8-6-9-20(18)28/h4-14H,3,15H2,1-2H3,(H,30,32,33)/b29-14+. The van der Waals surface area contributed by atoms with Crippen LogP contribution in [0.15, 0.2) is 65.8 Å². The molecule has 5 aromatic rings. The number of para-hydroxylation sites is 1. The van der Waals surface area contributed by atoms with Gasteiger partial charge in [0.25, 0.3) is 5.95 Å². The van der Waals surface area contributed by atoms with E-state index in [2.05, 4.69) is 37.2 Å². The van der Waals surface area contributed by atoms with Crippen molar-refractivity contribution in [1.29, 1.82) is 0 Å².